The molecule has 0 aliphatic rings. The summed E-state index contributed by atoms with van der Waals surface area (Å²) in [6.07, 6.45) is 0.820. The Morgan fingerprint density at radius 3 is 2.40 bits per heavy atom. The van der Waals surface area contributed by atoms with Crippen LogP contribution in [0.5, 0.6) is 0 Å². The van der Waals surface area contributed by atoms with Gasteiger partial charge in [-0.3, -0.25) is 9.59 Å². The number of nitrogens with one attached hydrogen (secondary N) is 2. The van der Waals surface area contributed by atoms with Crippen LogP contribution in [0.4, 0.5) is 0 Å². The van der Waals surface area contributed by atoms with Crippen molar-refractivity contribution in [1.82, 2.24) is 15.5 Å². The lowest BCUT2D eigenvalue weighted by atomic mass is 10.1. The van der Waals surface area contributed by atoms with Crippen molar-refractivity contribution < 1.29 is 9.59 Å². The van der Waals surface area contributed by atoms with Gasteiger partial charge < -0.3 is 15.5 Å². The molecule has 5 heteroatoms. The van der Waals surface area contributed by atoms with E-state index >= 15 is 0 Å². The summed E-state index contributed by atoms with van der Waals surface area (Å²) < 4.78 is 0. The molecule has 0 unspecified atom stereocenters. The predicted molar refractivity (Wildman–Crippen MR) is 79.2 cm³/mol. The number of benzene rings is 1. The molecule has 0 aliphatic carbocycles. The Kier molecular flexibility index (Phi) is 6.73. The fraction of sp³-hybridized carbons (Fsp3) is 0.467. The molecular formula is C15H23N3O2. The highest BCUT2D eigenvalue weighted by Crippen LogP contribution is 2.10. The van der Waals surface area contributed by atoms with Crippen molar-refractivity contribution in [2.24, 2.45) is 0 Å². The van der Waals surface area contributed by atoms with Gasteiger partial charge in [0.1, 0.15) is 0 Å². The van der Waals surface area contributed by atoms with E-state index in [0.717, 1.165) is 18.5 Å². The molecule has 0 spiro atoms. The molecule has 0 bridgehead atoms. The minimum atomic E-state index is -0.591. The van der Waals surface area contributed by atoms with Gasteiger partial charge in [0.25, 0.3) is 0 Å². The van der Waals surface area contributed by atoms with E-state index in [9.17, 15) is 9.59 Å². The zero-order valence-corrected chi connectivity index (χ0v) is 12.3. The molecular weight excluding hydrogens is 254 g/mol. The molecule has 0 saturated carbocycles. The maximum atomic E-state index is 11.7. The molecule has 20 heavy (non-hydrogen) atoms. The van der Waals surface area contributed by atoms with Gasteiger partial charge in [0.2, 0.25) is 0 Å². The lowest BCUT2D eigenvalue weighted by molar-refractivity contribution is -0.139. The van der Waals surface area contributed by atoms with Crippen LogP contribution in [0.3, 0.4) is 0 Å². The minimum Gasteiger partial charge on any atom is -0.348 e. The van der Waals surface area contributed by atoms with Gasteiger partial charge in [-0.15, -0.1) is 0 Å². The van der Waals surface area contributed by atoms with Crippen molar-refractivity contribution in [3.63, 3.8) is 0 Å². The first-order valence-corrected chi connectivity index (χ1v) is 6.79. The van der Waals surface area contributed by atoms with E-state index in [0.29, 0.717) is 6.54 Å². The number of hydrogen-bond donors (Lipinski definition) is 2. The lowest BCUT2D eigenvalue weighted by Crippen LogP contribution is -2.41. The summed E-state index contributed by atoms with van der Waals surface area (Å²) in [5.74, 6) is -1.17. The first kappa shape index (κ1) is 16.2. The van der Waals surface area contributed by atoms with E-state index in [2.05, 4.69) is 10.6 Å². The second-order valence-electron chi connectivity index (χ2n) is 5.02. The van der Waals surface area contributed by atoms with Crippen LogP contribution in [0.2, 0.25) is 0 Å². The van der Waals surface area contributed by atoms with Crippen LogP contribution in [0, 0.1) is 0 Å². The number of amides is 2. The van der Waals surface area contributed by atoms with Crippen LogP contribution < -0.4 is 10.6 Å². The molecule has 0 fully saturated rings. The smallest absolute Gasteiger partial charge is 0.309 e. The van der Waals surface area contributed by atoms with E-state index < -0.39 is 11.8 Å². The van der Waals surface area contributed by atoms with E-state index in [4.69, 9.17) is 0 Å². The molecule has 1 aromatic rings. The van der Waals surface area contributed by atoms with Crippen LogP contribution in [-0.4, -0.2) is 43.9 Å². The molecule has 0 heterocycles. The highest BCUT2D eigenvalue weighted by Gasteiger charge is 2.16. The molecule has 2 amide bonds. The maximum Gasteiger partial charge on any atom is 0.309 e. The van der Waals surface area contributed by atoms with E-state index in [1.165, 1.54) is 0 Å². The van der Waals surface area contributed by atoms with Crippen molar-refractivity contribution >= 4 is 11.8 Å². The molecule has 0 aliphatic heterocycles. The Hall–Kier alpha value is -1.88. The normalized spacial score (nSPS) is 12.0. The maximum absolute atomic E-state index is 11.7. The summed E-state index contributed by atoms with van der Waals surface area (Å²) in [5.41, 5.74) is 0.973. The van der Waals surface area contributed by atoms with Gasteiger partial charge in [-0.1, -0.05) is 30.3 Å². The molecule has 1 atom stereocenters. The van der Waals surface area contributed by atoms with Crippen LogP contribution in [0.15, 0.2) is 30.3 Å². The molecule has 110 valence electrons. The van der Waals surface area contributed by atoms with Crippen LogP contribution in [-0.2, 0) is 9.59 Å². The molecule has 2 N–H and O–H groups in total. The van der Waals surface area contributed by atoms with Crippen molar-refractivity contribution in [2.45, 2.75) is 19.4 Å². The highest BCUT2D eigenvalue weighted by atomic mass is 16.2. The number of rotatable bonds is 6. The average molecular weight is 277 g/mol. The van der Waals surface area contributed by atoms with Gasteiger partial charge >= 0.3 is 11.8 Å². The van der Waals surface area contributed by atoms with Gasteiger partial charge in [0, 0.05) is 6.54 Å². The average Bonchev–Trinajstić information content (AvgIpc) is 2.44. The first-order valence-electron chi connectivity index (χ1n) is 6.79. The molecule has 5 nitrogen and oxygen atoms in total. The quantitative estimate of drug-likeness (QED) is 0.601. The topological polar surface area (TPSA) is 61.4 Å². The second-order valence-corrected chi connectivity index (χ2v) is 5.02. The Morgan fingerprint density at radius 2 is 1.80 bits per heavy atom. The first-order chi connectivity index (χ1) is 9.50. The third kappa shape index (κ3) is 5.84. The fourth-order valence-corrected chi connectivity index (χ4v) is 1.76. The van der Waals surface area contributed by atoms with Crippen LogP contribution >= 0.6 is 0 Å². The number of carbonyl (C=O) groups is 2. The molecule has 0 aromatic heterocycles. The SMILES string of the molecule is C[C@@H](NC(=O)C(=O)NCCCN(C)C)c1ccccc1. The van der Waals surface area contributed by atoms with Crippen LogP contribution in [0.25, 0.3) is 0 Å². The van der Waals surface area contributed by atoms with Crippen LogP contribution in [0.1, 0.15) is 24.9 Å². The van der Waals surface area contributed by atoms with Gasteiger partial charge in [-0.05, 0) is 39.5 Å². The van der Waals surface area contributed by atoms with Crippen molar-refractivity contribution in [3.05, 3.63) is 35.9 Å². The third-order valence-corrected chi connectivity index (χ3v) is 2.92. The van der Waals surface area contributed by atoms with Gasteiger partial charge in [0.15, 0.2) is 0 Å². The van der Waals surface area contributed by atoms with Gasteiger partial charge in [-0.2, -0.15) is 0 Å². The highest BCUT2D eigenvalue weighted by molar-refractivity contribution is 6.35. The summed E-state index contributed by atoms with van der Waals surface area (Å²) >= 11 is 0. The van der Waals surface area contributed by atoms with E-state index in [1.807, 2.05) is 56.3 Å². The summed E-state index contributed by atoms with van der Waals surface area (Å²) in [4.78, 5) is 25.4. The van der Waals surface area contributed by atoms with Crippen molar-refractivity contribution in [2.75, 3.05) is 27.2 Å². The summed E-state index contributed by atoms with van der Waals surface area (Å²) in [5, 5.41) is 5.30. The monoisotopic (exact) mass is 277 g/mol. The lowest BCUT2D eigenvalue weighted by Gasteiger charge is -2.14. The Labute approximate surface area is 120 Å². The van der Waals surface area contributed by atoms with E-state index in [-0.39, 0.29) is 6.04 Å². The fourth-order valence-electron chi connectivity index (χ4n) is 1.76. The second kappa shape index (κ2) is 8.32. The van der Waals surface area contributed by atoms with Gasteiger partial charge in [0.05, 0.1) is 6.04 Å². The minimum absolute atomic E-state index is 0.184. The number of carbonyl (C=O) groups excluding carboxylic acids is 2. The zero-order chi connectivity index (χ0) is 15.0. The summed E-state index contributed by atoms with van der Waals surface area (Å²) in [7, 11) is 3.94. The molecule has 1 aromatic carbocycles. The standard InChI is InChI=1S/C15H23N3O2/c1-12(13-8-5-4-6-9-13)17-15(20)14(19)16-10-7-11-18(2)3/h4-6,8-9,12H,7,10-11H2,1-3H3,(H,16,19)(H,17,20)/t12-/m1/s1. The Balaban J connectivity index is 2.33. The van der Waals surface area contributed by atoms with Gasteiger partial charge in [-0.25, -0.2) is 0 Å². The van der Waals surface area contributed by atoms with Crippen molar-refractivity contribution in [3.8, 4) is 0 Å². The molecule has 0 radical (unpaired) electrons. The third-order valence-electron chi connectivity index (χ3n) is 2.92. The Morgan fingerprint density at radius 1 is 1.15 bits per heavy atom. The van der Waals surface area contributed by atoms with E-state index in [1.54, 1.807) is 0 Å². The summed E-state index contributed by atoms with van der Waals surface area (Å²) in [6.45, 7) is 3.24. The molecule has 0 saturated heterocycles. The van der Waals surface area contributed by atoms with Crippen molar-refractivity contribution in [1.29, 1.82) is 0 Å². The number of hydrogen-bond acceptors (Lipinski definition) is 3. The Bertz CT molecular complexity index is 432. The summed E-state index contributed by atoms with van der Waals surface area (Å²) in [6, 6.07) is 9.37. The zero-order valence-electron chi connectivity index (χ0n) is 12.3. The molecule has 1 rings (SSSR count). The largest absolute Gasteiger partial charge is 0.348 e. The predicted octanol–water partition coefficient (Wildman–Crippen LogP) is 0.932. The number of nitrogens with zero attached hydrogens (tertiary/aromatic N) is 1.